The Hall–Kier alpha value is -3.80. The van der Waals surface area contributed by atoms with E-state index in [2.05, 4.69) is 84.8 Å². The monoisotopic (exact) mass is 582 g/mol. The maximum Gasteiger partial charge on any atom is 0.121 e. The molecule has 0 aliphatic carbocycles. The molecule has 1 aliphatic rings. The molecule has 3 N–H and O–H groups in total. The van der Waals surface area contributed by atoms with Crippen LogP contribution >= 0.6 is 11.6 Å². The molecule has 4 rings (SSSR count). The molecule has 1 aliphatic heterocycles. The minimum Gasteiger partial charge on any atom is -0.486 e. The molecule has 2 unspecified atom stereocenters. The fraction of sp³-hybridized carbons (Fsp3) is 0.306. The lowest BCUT2D eigenvalue weighted by Crippen LogP contribution is -2.45. The number of nitrogen functional groups attached to an aromatic ring is 1. The van der Waals surface area contributed by atoms with Gasteiger partial charge in [-0.2, -0.15) is 0 Å². The Bertz CT molecular complexity index is 1410. The van der Waals surface area contributed by atoms with Gasteiger partial charge in [0, 0.05) is 54.7 Å². The number of rotatable bonds is 12. The zero-order valence-electron chi connectivity index (χ0n) is 25.0. The Morgan fingerprint density at radius 2 is 1.71 bits per heavy atom. The first-order chi connectivity index (χ1) is 20.3. The number of piperazine rings is 1. The molecule has 0 bridgehead atoms. The Balaban J connectivity index is 1.35. The number of hydrogen-bond acceptors (Lipinski definition) is 5. The third-order valence-corrected chi connectivity index (χ3v) is 8.36. The lowest BCUT2D eigenvalue weighted by atomic mass is 9.93. The van der Waals surface area contributed by atoms with Crippen molar-refractivity contribution in [2.45, 2.75) is 39.8 Å². The number of nitrogens with one attached hydrogen (secondary N) is 1. The van der Waals surface area contributed by atoms with Crippen LogP contribution in [-0.4, -0.2) is 42.9 Å². The average Bonchev–Trinajstić information content (AvgIpc) is 3.02. The fourth-order valence-electron chi connectivity index (χ4n) is 5.34. The van der Waals surface area contributed by atoms with Gasteiger partial charge in [0.2, 0.25) is 0 Å². The zero-order chi connectivity index (χ0) is 30.1. The van der Waals surface area contributed by atoms with Gasteiger partial charge < -0.3 is 20.8 Å². The van der Waals surface area contributed by atoms with Crippen molar-refractivity contribution in [2.75, 3.05) is 36.8 Å². The largest absolute Gasteiger partial charge is 0.486 e. The summed E-state index contributed by atoms with van der Waals surface area (Å²) in [5, 5.41) is 9.32. The molecule has 2 atom stereocenters. The third kappa shape index (κ3) is 8.15. The number of nitrogens with two attached hydrogens (primary N) is 1. The van der Waals surface area contributed by atoms with Gasteiger partial charge in [-0.25, -0.2) is 0 Å². The normalized spacial score (nSPS) is 16.1. The van der Waals surface area contributed by atoms with E-state index in [0.29, 0.717) is 27.7 Å². The number of para-hydroxylation sites is 1. The predicted octanol–water partition coefficient (Wildman–Crippen LogP) is 8.16. The summed E-state index contributed by atoms with van der Waals surface area (Å²) < 4.78 is 6.26. The van der Waals surface area contributed by atoms with Crippen LogP contribution < -0.4 is 15.4 Å². The molecule has 0 aromatic heterocycles. The van der Waals surface area contributed by atoms with Crippen LogP contribution in [0.1, 0.15) is 43.9 Å². The van der Waals surface area contributed by atoms with Gasteiger partial charge >= 0.3 is 0 Å². The van der Waals surface area contributed by atoms with Crippen molar-refractivity contribution in [3.05, 3.63) is 119 Å². The maximum atomic E-state index is 8.69. The minimum atomic E-state index is -0.238. The standard InChI is InChI=1S/C36H43ClN4O/c1-5-26(3)36(33(37)6-2)27(4)42-31-17-19-35(39)32(24-31)34(38)18-16-28-12-14-29(15-13-28)25-40-20-22-41(23-21-40)30-10-8-7-9-11-30/h6-19,24,26-27,38H,2,5,20-23,25,39H2,1,3-4H3/b18-16+,36-33-,38-34?. The van der Waals surface area contributed by atoms with Gasteiger partial charge in [0.15, 0.2) is 0 Å². The van der Waals surface area contributed by atoms with E-state index in [1.807, 2.05) is 25.1 Å². The first-order valence-electron chi connectivity index (χ1n) is 14.8. The van der Waals surface area contributed by atoms with Crippen LogP contribution in [0.2, 0.25) is 0 Å². The summed E-state index contributed by atoms with van der Waals surface area (Å²) in [6, 6.07) is 24.7. The number of allylic oxidation sites excluding steroid dienone is 3. The summed E-state index contributed by atoms with van der Waals surface area (Å²) in [6.07, 6.45) is 6.11. The summed E-state index contributed by atoms with van der Waals surface area (Å²) in [7, 11) is 0. The van der Waals surface area contributed by atoms with Crippen LogP contribution in [-0.2, 0) is 6.54 Å². The van der Waals surface area contributed by atoms with Gasteiger partial charge in [-0.3, -0.25) is 4.90 Å². The summed E-state index contributed by atoms with van der Waals surface area (Å²) in [6.45, 7) is 15.2. The maximum absolute atomic E-state index is 8.69. The van der Waals surface area contributed by atoms with Crippen LogP contribution in [0.15, 0.2) is 102 Å². The van der Waals surface area contributed by atoms with Gasteiger partial charge in [0.25, 0.3) is 0 Å². The van der Waals surface area contributed by atoms with Gasteiger partial charge in [-0.15, -0.1) is 0 Å². The molecule has 0 amide bonds. The number of halogens is 1. The number of benzene rings is 3. The molecular formula is C36H43ClN4O. The Morgan fingerprint density at radius 1 is 1.02 bits per heavy atom. The average molecular weight is 583 g/mol. The van der Waals surface area contributed by atoms with Crippen molar-refractivity contribution in [1.82, 2.24) is 4.90 Å². The number of anilines is 2. The van der Waals surface area contributed by atoms with Crippen molar-refractivity contribution in [3.8, 4) is 5.75 Å². The molecule has 3 aromatic rings. The predicted molar refractivity (Wildman–Crippen MR) is 180 cm³/mol. The van der Waals surface area contributed by atoms with Gasteiger partial charge in [0.05, 0.1) is 5.71 Å². The lowest BCUT2D eigenvalue weighted by Gasteiger charge is -2.36. The summed E-state index contributed by atoms with van der Waals surface area (Å²) in [5.41, 5.74) is 12.4. The molecule has 1 heterocycles. The van der Waals surface area contributed by atoms with Crippen LogP contribution in [0.5, 0.6) is 5.75 Å². The molecule has 0 spiro atoms. The molecule has 5 nitrogen and oxygen atoms in total. The lowest BCUT2D eigenvalue weighted by molar-refractivity contribution is 0.242. The van der Waals surface area contributed by atoms with E-state index in [-0.39, 0.29) is 12.0 Å². The second kappa shape index (κ2) is 14.9. The van der Waals surface area contributed by atoms with Crippen molar-refractivity contribution >= 4 is 34.8 Å². The Kier molecular flexibility index (Phi) is 11.0. The highest BCUT2D eigenvalue weighted by Crippen LogP contribution is 2.29. The van der Waals surface area contributed by atoms with Gasteiger partial charge in [0.1, 0.15) is 11.9 Å². The van der Waals surface area contributed by atoms with E-state index in [4.69, 9.17) is 27.5 Å². The Labute approximate surface area is 256 Å². The van der Waals surface area contributed by atoms with E-state index >= 15 is 0 Å². The second-order valence-electron chi connectivity index (χ2n) is 10.9. The number of ether oxygens (including phenoxy) is 1. The summed E-state index contributed by atoms with van der Waals surface area (Å²) >= 11 is 6.47. The molecule has 1 fully saturated rings. The highest BCUT2D eigenvalue weighted by molar-refractivity contribution is 6.31. The molecule has 6 heteroatoms. The smallest absolute Gasteiger partial charge is 0.121 e. The third-order valence-electron chi connectivity index (χ3n) is 7.99. The van der Waals surface area contributed by atoms with E-state index in [0.717, 1.165) is 50.3 Å². The zero-order valence-corrected chi connectivity index (χ0v) is 25.8. The molecule has 0 saturated carbocycles. The van der Waals surface area contributed by atoms with E-state index in [1.54, 1.807) is 18.2 Å². The van der Waals surface area contributed by atoms with Crippen molar-refractivity contribution in [2.24, 2.45) is 5.92 Å². The topological polar surface area (TPSA) is 65.6 Å². The van der Waals surface area contributed by atoms with E-state index < -0.39 is 0 Å². The Morgan fingerprint density at radius 3 is 2.36 bits per heavy atom. The molecule has 220 valence electrons. The van der Waals surface area contributed by atoms with Crippen molar-refractivity contribution in [1.29, 1.82) is 5.41 Å². The fourth-order valence-corrected chi connectivity index (χ4v) is 5.68. The van der Waals surface area contributed by atoms with Gasteiger partial charge in [-0.1, -0.05) is 86.6 Å². The first-order valence-corrected chi connectivity index (χ1v) is 15.1. The SMILES string of the molecule is C=C/C(Cl)=C(\C(C)CC)C(C)Oc1ccc(N)c(C(=N)/C=C/c2ccc(CN3CCN(c4ccccc4)CC3)cc2)c1. The number of hydrogen-bond donors (Lipinski definition) is 2. The van der Waals surface area contributed by atoms with Crippen molar-refractivity contribution in [3.63, 3.8) is 0 Å². The van der Waals surface area contributed by atoms with Crippen molar-refractivity contribution < 1.29 is 4.74 Å². The van der Waals surface area contributed by atoms with Crippen LogP contribution in [0.4, 0.5) is 11.4 Å². The first kappa shape index (κ1) is 31.1. The van der Waals surface area contributed by atoms with Crippen LogP contribution in [0.3, 0.4) is 0 Å². The van der Waals surface area contributed by atoms with E-state index in [1.165, 1.54) is 11.3 Å². The second-order valence-corrected chi connectivity index (χ2v) is 11.3. The molecule has 42 heavy (non-hydrogen) atoms. The van der Waals surface area contributed by atoms with Crippen LogP contribution in [0.25, 0.3) is 6.08 Å². The highest BCUT2D eigenvalue weighted by Gasteiger charge is 2.20. The summed E-state index contributed by atoms with van der Waals surface area (Å²) in [4.78, 5) is 4.96. The highest BCUT2D eigenvalue weighted by atomic mass is 35.5. The quantitative estimate of drug-likeness (QED) is 0.128. The molecule has 0 radical (unpaired) electrons. The molecule has 1 saturated heterocycles. The van der Waals surface area contributed by atoms with Crippen LogP contribution in [0, 0.1) is 11.3 Å². The van der Waals surface area contributed by atoms with Gasteiger partial charge in [-0.05, 0) is 72.4 Å². The van der Waals surface area contributed by atoms with E-state index in [9.17, 15) is 0 Å². The summed E-state index contributed by atoms with van der Waals surface area (Å²) in [5.74, 6) is 0.907. The molecular weight excluding hydrogens is 540 g/mol. The molecule has 3 aromatic carbocycles. The minimum absolute atomic E-state index is 0.238. The number of nitrogens with zero attached hydrogens (tertiary/aromatic N) is 2.